The third-order valence-electron chi connectivity index (χ3n) is 5.61. The molecule has 2 amide bonds. The highest BCUT2D eigenvalue weighted by atomic mass is 19.1. The highest BCUT2D eigenvalue weighted by Crippen LogP contribution is 2.30. The average molecular weight is 500 g/mol. The van der Waals surface area contributed by atoms with Crippen LogP contribution < -0.4 is 16.0 Å². The maximum absolute atomic E-state index is 14.7. The molecule has 0 aliphatic carbocycles. The highest BCUT2D eigenvalue weighted by molar-refractivity contribution is 6.06. The first kappa shape index (κ1) is 23.3. The Balaban J connectivity index is 1.38. The molecule has 0 bridgehead atoms. The number of carbonyl (C=O) groups is 2. The molecule has 2 atom stereocenters. The molecule has 1 aliphatic heterocycles. The fourth-order valence-electron chi connectivity index (χ4n) is 3.77. The van der Waals surface area contributed by atoms with Crippen molar-refractivity contribution in [3.05, 3.63) is 48.4 Å². The number of carbonyl (C=O) groups excluding carboxylic acids is 2. The number of aliphatic hydroxyl groups is 1. The minimum Gasteiger partial charge on any atom is -0.380 e. The summed E-state index contributed by atoms with van der Waals surface area (Å²) in [6, 6.07) is 3.74. The van der Waals surface area contributed by atoms with Gasteiger partial charge in [-0.3, -0.25) is 14.5 Å². The molecule has 4 heterocycles. The van der Waals surface area contributed by atoms with Crippen LogP contribution in [-0.2, 0) is 14.3 Å². The molecule has 15 heteroatoms. The molecule has 0 spiro atoms. The second-order valence-corrected chi connectivity index (χ2v) is 8.09. The molecule has 1 saturated heterocycles. The molecule has 1 unspecified atom stereocenters. The molecular weight excluding hydrogens is 482 g/mol. The summed E-state index contributed by atoms with van der Waals surface area (Å²) >= 11 is 0. The van der Waals surface area contributed by atoms with Crippen molar-refractivity contribution >= 4 is 40.1 Å². The highest BCUT2D eigenvalue weighted by Gasteiger charge is 2.49. The number of nitrogens with one attached hydrogen (secondary N) is 1. The topological polar surface area (TPSA) is 175 Å². The number of nitrogen functional groups attached to an aromatic ring is 1. The summed E-state index contributed by atoms with van der Waals surface area (Å²) in [5.41, 5.74) is 3.39. The van der Waals surface area contributed by atoms with Crippen molar-refractivity contribution in [3.63, 3.8) is 0 Å². The minimum absolute atomic E-state index is 0.0333. The van der Waals surface area contributed by atoms with Crippen molar-refractivity contribution in [2.24, 2.45) is 0 Å². The summed E-state index contributed by atoms with van der Waals surface area (Å²) in [6.45, 7) is 0.846. The SMILES string of the molecule is CC(O)(C(=O)Nc1cc(F)c2c(N)noc2c1)[C@H]1OCCN(c2nn(-c3ccnnc3)cc2F)C1=O. The first-order valence-corrected chi connectivity index (χ1v) is 10.5. The van der Waals surface area contributed by atoms with Gasteiger partial charge < -0.3 is 25.4 Å². The van der Waals surface area contributed by atoms with Gasteiger partial charge in [0.25, 0.3) is 11.8 Å². The number of aromatic nitrogens is 5. The van der Waals surface area contributed by atoms with Crippen molar-refractivity contribution in [2.75, 3.05) is 29.1 Å². The van der Waals surface area contributed by atoms with Gasteiger partial charge in [0.15, 0.2) is 34.7 Å². The molecule has 0 radical (unpaired) electrons. The van der Waals surface area contributed by atoms with Gasteiger partial charge >= 0.3 is 0 Å². The smallest absolute Gasteiger partial charge is 0.261 e. The Kier molecular flexibility index (Phi) is 5.57. The molecular formula is C21H18F2N8O5. The van der Waals surface area contributed by atoms with E-state index in [1.54, 1.807) is 0 Å². The maximum Gasteiger partial charge on any atom is 0.261 e. The van der Waals surface area contributed by atoms with Gasteiger partial charge in [0, 0.05) is 11.8 Å². The number of hydrogen-bond donors (Lipinski definition) is 3. The summed E-state index contributed by atoms with van der Waals surface area (Å²) in [5.74, 6) is -4.10. The summed E-state index contributed by atoms with van der Waals surface area (Å²) in [5, 5.41) is 28.1. The Hall–Kier alpha value is -4.50. The van der Waals surface area contributed by atoms with Crippen LogP contribution in [0.5, 0.6) is 0 Å². The van der Waals surface area contributed by atoms with Gasteiger partial charge in [0.1, 0.15) is 11.2 Å². The molecule has 1 aromatic carbocycles. The van der Waals surface area contributed by atoms with Crippen LogP contribution in [0.2, 0.25) is 0 Å². The van der Waals surface area contributed by atoms with E-state index >= 15 is 0 Å². The minimum atomic E-state index is -2.43. The van der Waals surface area contributed by atoms with Crippen LogP contribution in [0, 0.1) is 11.6 Å². The van der Waals surface area contributed by atoms with Crippen molar-refractivity contribution < 1.29 is 32.7 Å². The molecule has 5 rings (SSSR count). The lowest BCUT2D eigenvalue weighted by Crippen LogP contribution is -2.61. The average Bonchev–Trinajstić information content (AvgIpc) is 3.42. The summed E-state index contributed by atoms with van der Waals surface area (Å²) in [4.78, 5) is 27.1. The monoisotopic (exact) mass is 500 g/mol. The molecule has 36 heavy (non-hydrogen) atoms. The van der Waals surface area contributed by atoms with Gasteiger partial charge in [0.05, 0.1) is 37.4 Å². The number of hydrogen-bond acceptors (Lipinski definition) is 10. The van der Waals surface area contributed by atoms with Crippen LogP contribution in [0.4, 0.5) is 26.1 Å². The summed E-state index contributed by atoms with van der Waals surface area (Å²) < 4.78 is 40.6. The van der Waals surface area contributed by atoms with Crippen LogP contribution >= 0.6 is 0 Å². The second-order valence-electron chi connectivity index (χ2n) is 8.09. The van der Waals surface area contributed by atoms with E-state index in [4.69, 9.17) is 15.0 Å². The van der Waals surface area contributed by atoms with E-state index in [9.17, 15) is 23.5 Å². The van der Waals surface area contributed by atoms with Crippen LogP contribution in [0.25, 0.3) is 16.7 Å². The van der Waals surface area contributed by atoms with Crippen LogP contribution in [0.1, 0.15) is 6.92 Å². The first-order chi connectivity index (χ1) is 17.2. The predicted octanol–water partition coefficient (Wildman–Crippen LogP) is 0.785. The van der Waals surface area contributed by atoms with Crippen LogP contribution in [-0.4, -0.2) is 66.9 Å². The maximum atomic E-state index is 14.7. The number of nitrogens with two attached hydrogens (primary N) is 1. The summed E-state index contributed by atoms with van der Waals surface area (Å²) in [6.07, 6.45) is 2.08. The van der Waals surface area contributed by atoms with E-state index in [2.05, 4.69) is 25.8 Å². The van der Waals surface area contributed by atoms with Crippen molar-refractivity contribution in [3.8, 4) is 5.69 Å². The Morgan fingerprint density at radius 1 is 1.31 bits per heavy atom. The molecule has 1 fully saturated rings. The van der Waals surface area contributed by atoms with Gasteiger partial charge in [-0.15, -0.1) is 5.10 Å². The van der Waals surface area contributed by atoms with E-state index in [1.807, 2.05) is 0 Å². The largest absolute Gasteiger partial charge is 0.380 e. The van der Waals surface area contributed by atoms with Gasteiger partial charge in [-0.1, -0.05) is 5.16 Å². The number of amides is 2. The third-order valence-corrected chi connectivity index (χ3v) is 5.61. The number of anilines is 3. The van der Waals surface area contributed by atoms with Crippen LogP contribution in [0.15, 0.2) is 41.3 Å². The number of nitrogens with zero attached hydrogens (tertiary/aromatic N) is 6. The standard InChI is InChI=1S/C21H18F2N8O5/c1-21(34,20(33)27-10-6-12(22)15-14(7-10)36-29-17(15)24)16-19(32)30(4-5-35-16)18-13(23)9-31(28-18)11-2-3-25-26-8-11/h2-3,6-9,16,34H,4-5H2,1H3,(H2,24,29)(H,27,33)/t16-,21?/m0/s1. The quantitative estimate of drug-likeness (QED) is 0.355. The number of fused-ring (bicyclic) bond motifs is 1. The zero-order valence-corrected chi connectivity index (χ0v) is 18.6. The molecule has 186 valence electrons. The number of halogens is 2. The first-order valence-electron chi connectivity index (χ1n) is 10.5. The van der Waals surface area contributed by atoms with Gasteiger partial charge in [-0.05, 0) is 19.1 Å². The Morgan fingerprint density at radius 3 is 2.86 bits per heavy atom. The van der Waals surface area contributed by atoms with E-state index in [0.29, 0.717) is 5.69 Å². The zero-order valence-electron chi connectivity index (χ0n) is 18.6. The molecule has 0 saturated carbocycles. The number of benzene rings is 1. The molecule has 1 aliphatic rings. The Bertz CT molecular complexity index is 1470. The van der Waals surface area contributed by atoms with E-state index in [-0.39, 0.29) is 41.4 Å². The lowest BCUT2D eigenvalue weighted by Gasteiger charge is -2.37. The Morgan fingerprint density at radius 2 is 2.11 bits per heavy atom. The predicted molar refractivity (Wildman–Crippen MR) is 119 cm³/mol. The van der Waals surface area contributed by atoms with Crippen molar-refractivity contribution in [1.82, 2.24) is 25.1 Å². The van der Waals surface area contributed by atoms with Crippen molar-refractivity contribution in [1.29, 1.82) is 0 Å². The second kappa shape index (κ2) is 8.62. The van der Waals surface area contributed by atoms with Gasteiger partial charge in [-0.2, -0.15) is 10.2 Å². The fraction of sp³-hybridized carbons (Fsp3) is 0.238. The number of ether oxygens (including phenoxy) is 1. The zero-order chi connectivity index (χ0) is 25.6. The molecule has 4 aromatic rings. The lowest BCUT2D eigenvalue weighted by atomic mass is 9.95. The van der Waals surface area contributed by atoms with Gasteiger partial charge in [-0.25, -0.2) is 13.5 Å². The molecule has 4 N–H and O–H groups in total. The van der Waals surface area contributed by atoms with Crippen LogP contribution in [0.3, 0.4) is 0 Å². The third kappa shape index (κ3) is 3.89. The van der Waals surface area contributed by atoms with E-state index < -0.39 is 35.2 Å². The fourth-order valence-corrected chi connectivity index (χ4v) is 3.77. The van der Waals surface area contributed by atoms with E-state index in [1.165, 1.54) is 29.2 Å². The summed E-state index contributed by atoms with van der Waals surface area (Å²) in [7, 11) is 0. The lowest BCUT2D eigenvalue weighted by molar-refractivity contribution is -0.165. The molecule has 3 aromatic heterocycles. The van der Waals surface area contributed by atoms with E-state index in [0.717, 1.165) is 24.1 Å². The molecule has 13 nitrogen and oxygen atoms in total. The van der Waals surface area contributed by atoms with Gasteiger partial charge in [0.2, 0.25) is 0 Å². The van der Waals surface area contributed by atoms with Crippen molar-refractivity contribution in [2.45, 2.75) is 18.6 Å². The normalized spacial score (nSPS) is 17.8. The number of morpholine rings is 1. The number of rotatable bonds is 5. The Labute approximate surface area is 200 Å².